The average molecular weight is 513 g/mol. The molecule has 0 aliphatic carbocycles. The monoisotopic (exact) mass is 512 g/mol. The number of amides is 3. The summed E-state index contributed by atoms with van der Waals surface area (Å²) in [5.41, 5.74) is 19.7. The van der Waals surface area contributed by atoms with Crippen LogP contribution >= 0.6 is 0 Å². The van der Waals surface area contributed by atoms with Crippen molar-refractivity contribution < 1.29 is 24.6 Å². The van der Waals surface area contributed by atoms with Gasteiger partial charge in [-0.05, 0) is 78.9 Å². The normalized spacial score (nSPS) is 20.2. The summed E-state index contributed by atoms with van der Waals surface area (Å²) in [6.07, 6.45) is 1.29. The van der Waals surface area contributed by atoms with E-state index in [0.29, 0.717) is 43.6 Å². The van der Waals surface area contributed by atoms with Crippen LogP contribution in [0.1, 0.15) is 30.4 Å². The topological polar surface area (TPSA) is 206 Å². The molecule has 1 aliphatic heterocycles. The first-order valence-corrected chi connectivity index (χ1v) is 12.4. The minimum atomic E-state index is -1.04. The number of nitrogens with one attached hydrogen (secondary N) is 3. The van der Waals surface area contributed by atoms with E-state index in [4.69, 9.17) is 17.2 Å². The maximum Gasteiger partial charge on any atom is 0.243 e. The Kier molecular flexibility index (Phi) is 9.84. The Bertz CT molecular complexity index is 1120. The average Bonchev–Trinajstić information content (AvgIpc) is 2.88. The van der Waals surface area contributed by atoms with Gasteiger partial charge < -0.3 is 43.4 Å². The third-order valence-corrected chi connectivity index (χ3v) is 6.34. The quantitative estimate of drug-likeness (QED) is 0.223. The molecule has 0 saturated carbocycles. The summed E-state index contributed by atoms with van der Waals surface area (Å²) in [6.45, 7) is 1.02. The van der Waals surface area contributed by atoms with Crippen LogP contribution in [-0.4, -0.2) is 65.7 Å². The highest BCUT2D eigenvalue weighted by Gasteiger charge is 2.29. The Hall–Kier alpha value is -3.67. The number of phenols is 2. The van der Waals surface area contributed by atoms with Crippen molar-refractivity contribution in [2.75, 3.05) is 19.6 Å². The van der Waals surface area contributed by atoms with Crippen molar-refractivity contribution in [1.82, 2.24) is 16.0 Å². The van der Waals surface area contributed by atoms with Crippen molar-refractivity contribution in [3.63, 3.8) is 0 Å². The predicted octanol–water partition coefficient (Wildman–Crippen LogP) is -0.636. The van der Waals surface area contributed by atoms with Gasteiger partial charge in [-0.15, -0.1) is 0 Å². The van der Waals surface area contributed by atoms with Crippen LogP contribution in [0.15, 0.2) is 36.4 Å². The maximum absolute atomic E-state index is 13.3. The molecule has 11 nitrogen and oxygen atoms in total. The minimum absolute atomic E-state index is 0.00187. The van der Waals surface area contributed by atoms with Crippen LogP contribution in [0, 0.1) is 0 Å². The van der Waals surface area contributed by atoms with Crippen molar-refractivity contribution in [2.45, 2.75) is 50.2 Å². The second-order valence-corrected chi connectivity index (χ2v) is 9.19. The molecular formula is C26H36N6O5. The van der Waals surface area contributed by atoms with Gasteiger partial charge in [-0.2, -0.15) is 0 Å². The molecule has 37 heavy (non-hydrogen) atoms. The van der Waals surface area contributed by atoms with Gasteiger partial charge in [0.05, 0.1) is 6.04 Å². The Morgan fingerprint density at radius 1 is 0.892 bits per heavy atom. The lowest BCUT2D eigenvalue weighted by Gasteiger charge is -2.24. The van der Waals surface area contributed by atoms with Crippen LogP contribution < -0.4 is 33.2 Å². The van der Waals surface area contributed by atoms with Crippen LogP contribution in [-0.2, 0) is 27.2 Å². The second kappa shape index (κ2) is 13.0. The van der Waals surface area contributed by atoms with Gasteiger partial charge in [-0.3, -0.25) is 14.4 Å². The minimum Gasteiger partial charge on any atom is -0.508 e. The van der Waals surface area contributed by atoms with E-state index in [2.05, 4.69) is 16.0 Å². The van der Waals surface area contributed by atoms with Gasteiger partial charge in [0.2, 0.25) is 17.7 Å². The van der Waals surface area contributed by atoms with Crippen LogP contribution in [0.2, 0.25) is 0 Å². The number of hydrogen-bond donors (Lipinski definition) is 8. The molecule has 3 atom stereocenters. The van der Waals surface area contributed by atoms with Gasteiger partial charge in [-0.1, -0.05) is 12.1 Å². The van der Waals surface area contributed by atoms with Gasteiger partial charge in [0.15, 0.2) is 0 Å². The SMILES string of the molecule is NCCCNC(=O)C1Cc2cc(ccc2O)-c2ccc(O)c(c2)C[C@H](N)C(=O)N[C@@H](CCCN)C(=O)N1. The maximum atomic E-state index is 13.3. The smallest absolute Gasteiger partial charge is 0.243 e. The molecule has 11 heteroatoms. The summed E-state index contributed by atoms with van der Waals surface area (Å²) in [5, 5.41) is 29.1. The van der Waals surface area contributed by atoms with E-state index in [1.54, 1.807) is 24.3 Å². The third-order valence-electron chi connectivity index (χ3n) is 6.34. The molecule has 0 saturated heterocycles. The number of aromatic hydroxyl groups is 2. The Morgan fingerprint density at radius 2 is 1.49 bits per heavy atom. The fourth-order valence-electron chi connectivity index (χ4n) is 4.19. The van der Waals surface area contributed by atoms with E-state index in [0.717, 1.165) is 11.1 Å². The highest BCUT2D eigenvalue weighted by Crippen LogP contribution is 2.30. The fourth-order valence-corrected chi connectivity index (χ4v) is 4.19. The molecular weight excluding hydrogens is 476 g/mol. The zero-order valence-electron chi connectivity index (χ0n) is 20.7. The number of carbonyl (C=O) groups is 3. The first-order valence-electron chi connectivity index (χ1n) is 12.4. The molecule has 200 valence electrons. The van der Waals surface area contributed by atoms with Crippen LogP contribution in [0.5, 0.6) is 11.5 Å². The van der Waals surface area contributed by atoms with E-state index in [1.807, 2.05) is 0 Å². The van der Waals surface area contributed by atoms with Crippen LogP contribution in [0.4, 0.5) is 0 Å². The molecule has 1 unspecified atom stereocenters. The number of carbonyl (C=O) groups excluding carboxylic acids is 3. The summed E-state index contributed by atoms with van der Waals surface area (Å²) in [4.78, 5) is 39.2. The lowest BCUT2D eigenvalue weighted by molar-refractivity contribution is -0.132. The van der Waals surface area contributed by atoms with Crippen LogP contribution in [0.25, 0.3) is 11.1 Å². The zero-order chi connectivity index (χ0) is 26.9. The van der Waals surface area contributed by atoms with Gasteiger partial charge in [0, 0.05) is 19.4 Å². The summed E-state index contributed by atoms with van der Waals surface area (Å²) in [6, 6.07) is 6.86. The molecule has 2 aromatic rings. The standard InChI is InChI=1S/C26H36N6O5/c27-8-1-3-20-26(37)32-21(25(36)30-10-2-9-28)14-18-12-16(5-7-23(18)34)15-4-6-22(33)17(11-15)13-19(29)24(35)31-20/h4-7,11-12,19-21,33-34H,1-3,8-10,13-14,27-29H2,(H,30,36)(H,31,35)(H,32,37)/t19-,20-,21?/m0/s1. The molecule has 0 spiro atoms. The molecule has 4 bridgehead atoms. The summed E-state index contributed by atoms with van der Waals surface area (Å²) < 4.78 is 0. The highest BCUT2D eigenvalue weighted by molar-refractivity contribution is 5.93. The van der Waals surface area contributed by atoms with Gasteiger partial charge >= 0.3 is 0 Å². The lowest BCUT2D eigenvalue weighted by Crippen LogP contribution is -2.56. The van der Waals surface area contributed by atoms with Gasteiger partial charge in [-0.25, -0.2) is 0 Å². The number of nitrogens with two attached hydrogens (primary N) is 3. The zero-order valence-corrected chi connectivity index (χ0v) is 20.7. The number of rotatable bonds is 7. The fraction of sp³-hybridized carbons (Fsp3) is 0.423. The van der Waals surface area contributed by atoms with Crippen molar-refractivity contribution in [3.05, 3.63) is 47.5 Å². The molecule has 2 aromatic carbocycles. The van der Waals surface area contributed by atoms with Crippen molar-refractivity contribution in [2.24, 2.45) is 17.2 Å². The van der Waals surface area contributed by atoms with Crippen molar-refractivity contribution in [3.8, 4) is 22.6 Å². The summed E-state index contributed by atoms with van der Waals surface area (Å²) >= 11 is 0. The largest absolute Gasteiger partial charge is 0.508 e. The molecule has 1 aliphatic rings. The molecule has 1 heterocycles. The first kappa shape index (κ1) is 27.9. The van der Waals surface area contributed by atoms with E-state index in [9.17, 15) is 24.6 Å². The summed E-state index contributed by atoms with van der Waals surface area (Å²) in [7, 11) is 0. The highest BCUT2D eigenvalue weighted by atomic mass is 16.3. The molecule has 0 radical (unpaired) electrons. The number of benzene rings is 2. The Balaban J connectivity index is 2.06. The lowest BCUT2D eigenvalue weighted by atomic mass is 9.95. The second-order valence-electron chi connectivity index (χ2n) is 9.19. The van der Waals surface area contributed by atoms with E-state index in [1.165, 1.54) is 12.1 Å². The van der Waals surface area contributed by atoms with Crippen molar-refractivity contribution >= 4 is 17.7 Å². The molecule has 3 rings (SSSR count). The first-order chi connectivity index (χ1) is 17.7. The van der Waals surface area contributed by atoms with Crippen molar-refractivity contribution in [1.29, 1.82) is 0 Å². The molecule has 0 aromatic heterocycles. The predicted molar refractivity (Wildman–Crippen MR) is 139 cm³/mol. The number of hydrogen-bond acceptors (Lipinski definition) is 8. The molecule has 3 amide bonds. The van der Waals surface area contributed by atoms with E-state index >= 15 is 0 Å². The molecule has 11 N–H and O–H groups in total. The Labute approximate surface area is 215 Å². The Morgan fingerprint density at radius 3 is 2.08 bits per heavy atom. The van der Waals surface area contributed by atoms with Gasteiger partial charge in [0.25, 0.3) is 0 Å². The van der Waals surface area contributed by atoms with E-state index in [-0.39, 0.29) is 30.8 Å². The molecule has 0 fully saturated rings. The van der Waals surface area contributed by atoms with Crippen LogP contribution in [0.3, 0.4) is 0 Å². The number of phenolic OH excluding ortho intramolecular Hbond substituents is 2. The third kappa shape index (κ3) is 7.42. The number of fused-ring (bicyclic) bond motifs is 5. The summed E-state index contributed by atoms with van der Waals surface area (Å²) in [5.74, 6) is -1.62. The van der Waals surface area contributed by atoms with Gasteiger partial charge in [0.1, 0.15) is 23.6 Å². The van der Waals surface area contributed by atoms with E-state index < -0.39 is 35.8 Å².